The highest BCUT2D eigenvalue weighted by Crippen LogP contribution is 2.21. The van der Waals surface area contributed by atoms with Crippen LogP contribution in [-0.2, 0) is 6.54 Å². The van der Waals surface area contributed by atoms with E-state index in [4.69, 9.17) is 10.00 Å². The molecule has 0 saturated carbocycles. The number of nitriles is 1. The molecule has 0 unspecified atom stereocenters. The molecule has 0 aliphatic carbocycles. The monoisotopic (exact) mass is 384 g/mol. The Bertz CT molecular complexity index is 1220. The fourth-order valence-electron chi connectivity index (χ4n) is 2.85. The van der Waals surface area contributed by atoms with E-state index in [9.17, 15) is 4.79 Å². The topological polar surface area (TPSA) is 105 Å². The molecule has 0 bridgehead atoms. The Kier molecular flexibility index (Phi) is 4.86. The molecule has 0 fully saturated rings. The van der Waals surface area contributed by atoms with Gasteiger partial charge in [0.1, 0.15) is 5.75 Å². The zero-order valence-electron chi connectivity index (χ0n) is 15.5. The number of methoxy groups -OCH3 is 1. The summed E-state index contributed by atoms with van der Waals surface area (Å²) in [6.07, 6.45) is 0. The second kappa shape index (κ2) is 7.78. The van der Waals surface area contributed by atoms with Gasteiger partial charge in [-0.3, -0.25) is 4.79 Å². The third-order valence-electron chi connectivity index (χ3n) is 4.37. The molecule has 0 saturated heterocycles. The predicted octanol–water partition coefficient (Wildman–Crippen LogP) is 2.60. The molecular weight excluding hydrogens is 368 g/mol. The lowest BCUT2D eigenvalue weighted by atomic mass is 10.1. The number of benzene rings is 2. The summed E-state index contributed by atoms with van der Waals surface area (Å²) in [7, 11) is 1.62. The maximum absolute atomic E-state index is 12.4. The van der Waals surface area contributed by atoms with E-state index in [2.05, 4.69) is 20.6 Å². The molecule has 1 N–H and O–H groups in total. The molecule has 1 amide bonds. The number of carbonyl (C=O) groups is 1. The van der Waals surface area contributed by atoms with E-state index in [0.717, 1.165) is 17.0 Å². The van der Waals surface area contributed by atoms with Crippen LogP contribution in [0, 0.1) is 11.3 Å². The molecule has 4 rings (SSSR count). The first kappa shape index (κ1) is 18.1. The molecule has 8 nitrogen and oxygen atoms in total. The van der Waals surface area contributed by atoms with E-state index in [1.165, 1.54) is 6.07 Å². The number of nitrogens with one attached hydrogen (secondary N) is 1. The molecule has 0 aliphatic rings. The van der Waals surface area contributed by atoms with Gasteiger partial charge in [0.05, 0.1) is 31.0 Å². The van der Waals surface area contributed by atoms with Crippen molar-refractivity contribution < 1.29 is 9.53 Å². The average Bonchev–Trinajstić information content (AvgIpc) is 3.19. The minimum Gasteiger partial charge on any atom is -0.497 e. The van der Waals surface area contributed by atoms with Gasteiger partial charge in [-0.25, -0.2) is 0 Å². The van der Waals surface area contributed by atoms with Crippen LogP contribution in [0.4, 0.5) is 0 Å². The number of carbonyl (C=O) groups excluding carboxylic acids is 1. The van der Waals surface area contributed by atoms with E-state index in [1.807, 2.05) is 42.5 Å². The van der Waals surface area contributed by atoms with Crippen LogP contribution in [0.1, 0.15) is 21.7 Å². The molecular formula is C21H16N6O2. The predicted molar refractivity (Wildman–Crippen MR) is 105 cm³/mol. The number of amides is 1. The standard InChI is InChI=1S/C21H16N6O2/c1-29-17-7-5-15(6-8-17)18-9-10-19-24-25-20(27(19)26-18)13-23-21(28)16-4-2-3-14(11-16)12-22/h2-11H,13H2,1H3,(H,23,28). The molecule has 0 spiro atoms. The van der Waals surface area contributed by atoms with Crippen LogP contribution >= 0.6 is 0 Å². The third-order valence-corrected chi connectivity index (χ3v) is 4.37. The molecule has 8 heteroatoms. The molecule has 4 aromatic rings. The van der Waals surface area contributed by atoms with E-state index in [0.29, 0.717) is 22.6 Å². The van der Waals surface area contributed by atoms with Crippen LogP contribution in [0.2, 0.25) is 0 Å². The molecule has 0 radical (unpaired) electrons. The first-order chi connectivity index (χ1) is 14.2. The van der Waals surface area contributed by atoms with Crippen molar-refractivity contribution in [3.05, 3.63) is 77.6 Å². The number of nitrogens with zero attached hydrogens (tertiary/aromatic N) is 5. The number of fused-ring (bicyclic) bond motifs is 1. The second-order valence-corrected chi connectivity index (χ2v) is 6.21. The van der Waals surface area contributed by atoms with Gasteiger partial charge in [0.25, 0.3) is 5.91 Å². The summed E-state index contributed by atoms with van der Waals surface area (Å²) in [4.78, 5) is 12.4. The zero-order valence-corrected chi connectivity index (χ0v) is 15.5. The highest BCUT2D eigenvalue weighted by molar-refractivity contribution is 5.94. The van der Waals surface area contributed by atoms with Crippen molar-refractivity contribution in [3.8, 4) is 23.1 Å². The summed E-state index contributed by atoms with van der Waals surface area (Å²) in [6.45, 7) is 0.149. The van der Waals surface area contributed by atoms with Gasteiger partial charge in [-0.05, 0) is 54.6 Å². The van der Waals surface area contributed by atoms with Gasteiger partial charge in [0, 0.05) is 11.1 Å². The van der Waals surface area contributed by atoms with Crippen molar-refractivity contribution >= 4 is 11.6 Å². The Balaban J connectivity index is 1.56. The highest BCUT2D eigenvalue weighted by atomic mass is 16.5. The highest BCUT2D eigenvalue weighted by Gasteiger charge is 2.12. The number of hydrogen-bond acceptors (Lipinski definition) is 6. The average molecular weight is 384 g/mol. The minimum absolute atomic E-state index is 0.149. The summed E-state index contributed by atoms with van der Waals surface area (Å²) in [6, 6.07) is 19.8. The van der Waals surface area contributed by atoms with Gasteiger partial charge in [0.15, 0.2) is 11.5 Å². The van der Waals surface area contributed by atoms with Crippen molar-refractivity contribution in [3.63, 3.8) is 0 Å². The van der Waals surface area contributed by atoms with Gasteiger partial charge in [-0.1, -0.05) is 6.07 Å². The SMILES string of the molecule is COc1ccc(-c2ccc3nnc(CNC(=O)c4cccc(C#N)c4)n3n2)cc1. The largest absolute Gasteiger partial charge is 0.497 e. The molecule has 0 aliphatic heterocycles. The van der Waals surface area contributed by atoms with Gasteiger partial charge >= 0.3 is 0 Å². The third kappa shape index (κ3) is 3.75. The lowest BCUT2D eigenvalue weighted by Crippen LogP contribution is -2.24. The molecule has 2 aromatic heterocycles. The lowest BCUT2D eigenvalue weighted by Gasteiger charge is -2.06. The maximum Gasteiger partial charge on any atom is 0.251 e. The summed E-state index contributed by atoms with van der Waals surface area (Å²) >= 11 is 0. The molecule has 29 heavy (non-hydrogen) atoms. The molecule has 2 aromatic carbocycles. The van der Waals surface area contributed by atoms with Crippen LogP contribution < -0.4 is 10.1 Å². The smallest absolute Gasteiger partial charge is 0.251 e. The van der Waals surface area contributed by atoms with Crippen molar-refractivity contribution in [1.29, 1.82) is 5.26 Å². The van der Waals surface area contributed by atoms with Gasteiger partial charge in [-0.2, -0.15) is 14.9 Å². The minimum atomic E-state index is -0.301. The van der Waals surface area contributed by atoms with Crippen molar-refractivity contribution in [2.45, 2.75) is 6.54 Å². The van der Waals surface area contributed by atoms with E-state index >= 15 is 0 Å². The maximum atomic E-state index is 12.4. The van der Waals surface area contributed by atoms with Crippen molar-refractivity contribution in [2.75, 3.05) is 7.11 Å². The number of rotatable bonds is 5. The first-order valence-corrected chi connectivity index (χ1v) is 8.82. The Morgan fingerprint density at radius 2 is 1.97 bits per heavy atom. The zero-order chi connectivity index (χ0) is 20.2. The quantitative estimate of drug-likeness (QED) is 0.567. The summed E-state index contributed by atoms with van der Waals surface area (Å²) in [5.74, 6) is 0.966. The number of ether oxygens (including phenoxy) is 1. The van der Waals surface area contributed by atoms with Crippen LogP contribution in [0.5, 0.6) is 5.75 Å². The fourth-order valence-corrected chi connectivity index (χ4v) is 2.85. The molecule has 0 atom stereocenters. The van der Waals surface area contributed by atoms with Crippen LogP contribution in [0.15, 0.2) is 60.7 Å². The van der Waals surface area contributed by atoms with Gasteiger partial charge in [0.2, 0.25) is 0 Å². The number of aromatic nitrogens is 4. The first-order valence-electron chi connectivity index (χ1n) is 8.82. The molecule has 2 heterocycles. The Morgan fingerprint density at radius 1 is 1.14 bits per heavy atom. The number of hydrogen-bond donors (Lipinski definition) is 1. The molecule has 142 valence electrons. The summed E-state index contributed by atoms with van der Waals surface area (Å²) in [5.41, 5.74) is 3.08. The van der Waals surface area contributed by atoms with Crippen LogP contribution in [0.3, 0.4) is 0 Å². The van der Waals surface area contributed by atoms with E-state index < -0.39 is 0 Å². The van der Waals surface area contributed by atoms with Gasteiger partial charge < -0.3 is 10.1 Å². The Labute approximate surface area is 166 Å². The van der Waals surface area contributed by atoms with Crippen LogP contribution in [0.25, 0.3) is 16.9 Å². The van der Waals surface area contributed by atoms with Crippen molar-refractivity contribution in [1.82, 2.24) is 25.1 Å². The fraction of sp³-hybridized carbons (Fsp3) is 0.0952. The Morgan fingerprint density at radius 3 is 2.72 bits per heavy atom. The normalized spacial score (nSPS) is 10.5. The van der Waals surface area contributed by atoms with Crippen LogP contribution in [-0.4, -0.2) is 32.8 Å². The second-order valence-electron chi connectivity index (χ2n) is 6.21. The summed E-state index contributed by atoms with van der Waals surface area (Å²) < 4.78 is 6.79. The summed E-state index contributed by atoms with van der Waals surface area (Å²) in [5, 5.41) is 24.6. The van der Waals surface area contributed by atoms with Gasteiger partial charge in [-0.15, -0.1) is 10.2 Å². The van der Waals surface area contributed by atoms with E-state index in [1.54, 1.807) is 29.8 Å². The van der Waals surface area contributed by atoms with E-state index in [-0.39, 0.29) is 12.5 Å². The Hall–Kier alpha value is -4.25. The van der Waals surface area contributed by atoms with Crippen molar-refractivity contribution in [2.24, 2.45) is 0 Å². The lowest BCUT2D eigenvalue weighted by molar-refractivity contribution is 0.0949.